The van der Waals surface area contributed by atoms with Crippen LogP contribution in [-0.2, 0) is 6.54 Å². The number of nitrogens with one attached hydrogen (secondary N) is 2. The van der Waals surface area contributed by atoms with E-state index < -0.39 is 0 Å². The smallest absolute Gasteiger partial charge is 0.325 e. The lowest BCUT2D eigenvalue weighted by Crippen LogP contribution is -2.49. The number of anilines is 2. The maximum atomic E-state index is 14.1. The highest BCUT2D eigenvalue weighted by molar-refractivity contribution is 5.91. The van der Waals surface area contributed by atoms with Crippen LogP contribution >= 0.6 is 0 Å². The van der Waals surface area contributed by atoms with Crippen molar-refractivity contribution in [3.05, 3.63) is 90.3 Å². The third-order valence-electron chi connectivity index (χ3n) is 8.32. The first-order valence-corrected chi connectivity index (χ1v) is 15.4. The molecule has 1 saturated carbocycles. The van der Waals surface area contributed by atoms with Gasteiger partial charge in [-0.15, -0.1) is 0 Å². The summed E-state index contributed by atoms with van der Waals surface area (Å²) < 4.78 is 5.08. The fourth-order valence-corrected chi connectivity index (χ4v) is 5.81. The molecule has 2 amide bonds. The zero-order chi connectivity index (χ0) is 32.8. The summed E-state index contributed by atoms with van der Waals surface area (Å²) in [6.07, 6.45) is 11.4. The lowest BCUT2D eigenvalue weighted by molar-refractivity contribution is 0.207. The summed E-state index contributed by atoms with van der Waals surface area (Å²) in [5.74, 6) is 1.04. The molecule has 13 heteroatoms. The minimum atomic E-state index is -0.117. The Morgan fingerprint density at radius 2 is 1.72 bits per heavy atom. The van der Waals surface area contributed by atoms with Gasteiger partial charge in [0.25, 0.3) is 0 Å². The Morgan fingerprint density at radius 1 is 0.979 bits per heavy atom. The maximum absolute atomic E-state index is 14.1. The highest BCUT2D eigenvalue weighted by Crippen LogP contribution is 2.31. The quantitative estimate of drug-likeness (QED) is 0.216. The Hall–Kier alpha value is -5.90. The van der Waals surface area contributed by atoms with Crippen molar-refractivity contribution in [3.8, 4) is 34.5 Å². The van der Waals surface area contributed by atoms with E-state index in [1.54, 1.807) is 35.9 Å². The van der Waals surface area contributed by atoms with E-state index in [-0.39, 0.29) is 18.1 Å². The number of hydrogen-bond acceptors (Lipinski definition) is 10. The second-order valence-electron chi connectivity index (χ2n) is 11.5. The number of aromatic amines is 1. The molecular weight excluding hydrogens is 594 g/mol. The number of nitrogens with zero attached hydrogens (tertiary/aromatic N) is 9. The topological polar surface area (TPSA) is 162 Å². The van der Waals surface area contributed by atoms with E-state index >= 15 is 0 Å². The summed E-state index contributed by atoms with van der Waals surface area (Å²) in [7, 11) is 3.34. The molecule has 0 saturated heterocycles. The lowest BCUT2D eigenvalue weighted by atomic mass is 9.90. The van der Waals surface area contributed by atoms with E-state index in [0.29, 0.717) is 35.6 Å². The molecular formula is C34H35N11O2. The van der Waals surface area contributed by atoms with Crippen LogP contribution in [0.15, 0.2) is 73.4 Å². The van der Waals surface area contributed by atoms with Gasteiger partial charge < -0.3 is 15.0 Å². The van der Waals surface area contributed by atoms with Gasteiger partial charge in [-0.1, -0.05) is 30.3 Å². The Balaban J connectivity index is 1.19. The summed E-state index contributed by atoms with van der Waals surface area (Å²) in [5, 5.41) is 20.1. The molecule has 0 atom stereocenters. The molecule has 2 N–H and O–H groups in total. The van der Waals surface area contributed by atoms with Crippen molar-refractivity contribution in [2.75, 3.05) is 24.4 Å². The Bertz CT molecular complexity index is 1850. The standard InChI is InChI=1S/C34H35N11O2/c1-22-29(20-40-43-22)31-25(15-35)17-37-32(42-31)41-27-10-12-28(13-11-27)45(34(46)44(2)21-23-7-5-4-6-8-23)30-14-9-24(16-36-30)26-18-38-33(47-3)39-19-26/h4-9,14,16-20,27-28H,10-13,21H2,1-3H3,(H,40,43)(H,37,41,42)/t27-,28-. The van der Waals surface area contributed by atoms with Crippen molar-refractivity contribution in [2.24, 2.45) is 0 Å². The van der Waals surface area contributed by atoms with E-state index in [2.05, 4.69) is 41.5 Å². The van der Waals surface area contributed by atoms with Crippen LogP contribution in [-0.4, -0.2) is 72.3 Å². The lowest BCUT2D eigenvalue weighted by Gasteiger charge is -2.38. The molecule has 4 aromatic heterocycles. The highest BCUT2D eigenvalue weighted by Gasteiger charge is 2.33. The van der Waals surface area contributed by atoms with Gasteiger partial charge in [0.2, 0.25) is 5.95 Å². The van der Waals surface area contributed by atoms with Crippen LogP contribution in [0.1, 0.15) is 42.5 Å². The fourth-order valence-electron chi connectivity index (χ4n) is 5.81. The van der Waals surface area contributed by atoms with E-state index in [0.717, 1.165) is 53.6 Å². The third-order valence-corrected chi connectivity index (χ3v) is 8.32. The number of carbonyl (C=O) groups excluding carboxylic acids is 1. The number of amides is 2. The molecule has 5 aromatic rings. The Morgan fingerprint density at radius 3 is 2.36 bits per heavy atom. The zero-order valence-electron chi connectivity index (χ0n) is 26.5. The summed E-state index contributed by atoms with van der Waals surface area (Å²) >= 11 is 0. The summed E-state index contributed by atoms with van der Waals surface area (Å²) in [6, 6.07) is 16.1. The zero-order valence-corrected chi connectivity index (χ0v) is 26.5. The van der Waals surface area contributed by atoms with Crippen molar-refractivity contribution in [2.45, 2.75) is 51.2 Å². The fraction of sp³-hybridized carbons (Fsp3) is 0.294. The number of aromatic nitrogens is 7. The van der Waals surface area contributed by atoms with Gasteiger partial charge in [-0.05, 0) is 50.3 Å². The first-order chi connectivity index (χ1) is 22.9. The van der Waals surface area contributed by atoms with Crippen LogP contribution in [0.3, 0.4) is 0 Å². The van der Waals surface area contributed by atoms with E-state index in [1.165, 1.54) is 7.11 Å². The van der Waals surface area contributed by atoms with Crippen molar-refractivity contribution >= 4 is 17.8 Å². The molecule has 0 aliphatic heterocycles. The maximum Gasteiger partial charge on any atom is 0.325 e. The van der Waals surface area contributed by atoms with Crippen molar-refractivity contribution < 1.29 is 9.53 Å². The molecule has 1 fully saturated rings. The molecule has 1 aliphatic carbocycles. The average Bonchev–Trinajstić information content (AvgIpc) is 3.55. The van der Waals surface area contributed by atoms with Crippen LogP contribution in [0.4, 0.5) is 16.6 Å². The van der Waals surface area contributed by atoms with Gasteiger partial charge in [-0.2, -0.15) is 10.4 Å². The number of aryl methyl sites for hydroxylation is 1. The highest BCUT2D eigenvalue weighted by atomic mass is 16.5. The summed E-state index contributed by atoms with van der Waals surface area (Å²) in [6.45, 7) is 2.36. The van der Waals surface area contributed by atoms with E-state index in [1.807, 2.05) is 61.3 Å². The van der Waals surface area contributed by atoms with Gasteiger partial charge in [0, 0.05) is 66.7 Å². The number of urea groups is 1. The molecule has 238 valence electrons. The SMILES string of the molecule is COc1ncc(-c2ccc(N(C(=O)N(C)Cc3ccccc3)[C@H]3CC[C@H](Nc4ncc(C#N)c(-c5cn[nH]c5C)n4)CC3)nc2)cn1. The third kappa shape index (κ3) is 7.01. The van der Waals surface area contributed by atoms with Gasteiger partial charge in [-0.25, -0.2) is 29.7 Å². The molecule has 4 heterocycles. The largest absolute Gasteiger partial charge is 0.467 e. The second kappa shape index (κ2) is 14.0. The molecule has 6 rings (SSSR count). The molecule has 0 spiro atoms. The van der Waals surface area contributed by atoms with Crippen molar-refractivity contribution in [3.63, 3.8) is 0 Å². The number of benzene rings is 1. The van der Waals surface area contributed by atoms with Gasteiger partial charge in [0.15, 0.2) is 0 Å². The number of ether oxygens (including phenoxy) is 1. The minimum Gasteiger partial charge on any atom is -0.467 e. The van der Waals surface area contributed by atoms with Crippen LogP contribution in [0.2, 0.25) is 0 Å². The van der Waals surface area contributed by atoms with Crippen molar-refractivity contribution in [1.82, 2.24) is 40.0 Å². The number of H-pyrrole nitrogens is 1. The molecule has 0 bridgehead atoms. The summed E-state index contributed by atoms with van der Waals surface area (Å²) in [5.41, 5.74) is 5.20. The predicted octanol–water partition coefficient (Wildman–Crippen LogP) is 5.39. The number of carbonyl (C=O) groups is 1. The minimum absolute atomic E-state index is 0.0625. The molecule has 1 aliphatic rings. The van der Waals surface area contributed by atoms with Crippen LogP contribution in [0.25, 0.3) is 22.4 Å². The number of pyridine rings is 1. The van der Waals surface area contributed by atoms with E-state index in [9.17, 15) is 10.1 Å². The first kappa shape index (κ1) is 31.1. The Kier molecular flexibility index (Phi) is 9.28. The number of nitriles is 1. The molecule has 0 radical (unpaired) electrons. The first-order valence-electron chi connectivity index (χ1n) is 15.4. The average molecular weight is 630 g/mol. The van der Waals surface area contributed by atoms with Crippen LogP contribution < -0.4 is 15.0 Å². The van der Waals surface area contributed by atoms with Gasteiger partial charge in [-0.3, -0.25) is 10.00 Å². The van der Waals surface area contributed by atoms with Crippen LogP contribution in [0.5, 0.6) is 6.01 Å². The molecule has 13 nitrogen and oxygen atoms in total. The summed E-state index contributed by atoms with van der Waals surface area (Å²) in [4.78, 5) is 39.9. The normalized spacial score (nSPS) is 15.8. The van der Waals surface area contributed by atoms with Crippen molar-refractivity contribution in [1.29, 1.82) is 5.26 Å². The van der Waals surface area contributed by atoms with Gasteiger partial charge in [0.05, 0.1) is 30.8 Å². The monoisotopic (exact) mass is 629 g/mol. The Labute approximate surface area is 272 Å². The predicted molar refractivity (Wildman–Crippen MR) is 176 cm³/mol. The van der Waals surface area contributed by atoms with Crippen LogP contribution in [0, 0.1) is 18.3 Å². The van der Waals surface area contributed by atoms with E-state index in [4.69, 9.17) is 9.72 Å². The molecule has 1 aromatic carbocycles. The molecule has 0 unspecified atom stereocenters. The number of rotatable bonds is 9. The van der Waals surface area contributed by atoms with Gasteiger partial charge >= 0.3 is 12.0 Å². The van der Waals surface area contributed by atoms with Gasteiger partial charge in [0.1, 0.15) is 11.9 Å². The molecule has 47 heavy (non-hydrogen) atoms. The second-order valence-corrected chi connectivity index (χ2v) is 11.5. The number of methoxy groups -OCH3 is 1. The number of hydrogen-bond donors (Lipinski definition) is 2.